The maximum Gasteiger partial charge on any atom is 0.0626 e. The standard InChI is InChI=1S/C13H28N2O/c1-4-11-5-7-13(8-6-11)15(2)9-12(14)10-16-3/h11-13H,4-10,14H2,1-3H3. The second kappa shape index (κ2) is 7.25. The van der Waals surface area contributed by atoms with Gasteiger partial charge in [-0.3, -0.25) is 0 Å². The van der Waals surface area contributed by atoms with E-state index in [1.807, 2.05) is 0 Å². The van der Waals surface area contributed by atoms with Gasteiger partial charge in [-0.25, -0.2) is 0 Å². The van der Waals surface area contributed by atoms with Crippen LogP contribution in [0.4, 0.5) is 0 Å². The van der Waals surface area contributed by atoms with Crippen LogP contribution in [0.15, 0.2) is 0 Å². The molecule has 1 unspecified atom stereocenters. The van der Waals surface area contributed by atoms with E-state index in [-0.39, 0.29) is 6.04 Å². The number of methoxy groups -OCH3 is 1. The zero-order valence-corrected chi connectivity index (χ0v) is 11.1. The molecule has 1 saturated carbocycles. The van der Waals surface area contributed by atoms with Crippen LogP contribution in [0.5, 0.6) is 0 Å². The predicted octanol–water partition coefficient (Wildman–Crippen LogP) is 1.86. The molecule has 0 radical (unpaired) electrons. The number of rotatable bonds is 6. The van der Waals surface area contributed by atoms with E-state index < -0.39 is 0 Å². The number of nitrogens with zero attached hydrogens (tertiary/aromatic N) is 1. The smallest absolute Gasteiger partial charge is 0.0626 e. The van der Waals surface area contributed by atoms with Crippen LogP contribution in [-0.4, -0.2) is 44.3 Å². The number of ether oxygens (including phenoxy) is 1. The molecule has 2 N–H and O–H groups in total. The molecule has 0 aromatic carbocycles. The Kier molecular flexibility index (Phi) is 6.32. The first-order chi connectivity index (χ1) is 7.67. The Morgan fingerprint density at radius 2 is 1.94 bits per heavy atom. The van der Waals surface area contributed by atoms with Crippen molar-refractivity contribution in [2.75, 3.05) is 27.3 Å². The van der Waals surface area contributed by atoms with Crippen molar-refractivity contribution in [2.45, 2.75) is 51.1 Å². The third-order valence-electron chi connectivity index (χ3n) is 3.92. The Balaban J connectivity index is 2.24. The summed E-state index contributed by atoms with van der Waals surface area (Å²) in [6, 6.07) is 0.893. The molecule has 1 atom stereocenters. The van der Waals surface area contributed by atoms with Crippen molar-refractivity contribution in [1.29, 1.82) is 0 Å². The Morgan fingerprint density at radius 1 is 1.31 bits per heavy atom. The van der Waals surface area contributed by atoms with Gasteiger partial charge in [-0.1, -0.05) is 13.3 Å². The fourth-order valence-electron chi connectivity index (χ4n) is 2.78. The van der Waals surface area contributed by atoms with Crippen molar-refractivity contribution in [2.24, 2.45) is 11.7 Å². The van der Waals surface area contributed by atoms with E-state index in [0.29, 0.717) is 6.61 Å². The lowest BCUT2D eigenvalue weighted by Gasteiger charge is -2.35. The summed E-state index contributed by atoms with van der Waals surface area (Å²) in [5.41, 5.74) is 5.98. The summed E-state index contributed by atoms with van der Waals surface area (Å²) >= 11 is 0. The Bertz CT molecular complexity index is 179. The van der Waals surface area contributed by atoms with Crippen molar-refractivity contribution < 1.29 is 4.74 Å². The summed E-state index contributed by atoms with van der Waals surface area (Å²) in [6.07, 6.45) is 6.82. The number of hydrogen-bond donors (Lipinski definition) is 1. The van der Waals surface area contributed by atoms with Gasteiger partial charge in [0.2, 0.25) is 0 Å². The van der Waals surface area contributed by atoms with Gasteiger partial charge in [-0.2, -0.15) is 0 Å². The SMILES string of the molecule is CCC1CCC(N(C)CC(N)COC)CC1. The number of hydrogen-bond acceptors (Lipinski definition) is 3. The summed E-state index contributed by atoms with van der Waals surface area (Å²) in [4.78, 5) is 2.43. The van der Waals surface area contributed by atoms with E-state index in [4.69, 9.17) is 10.5 Å². The fourth-order valence-corrected chi connectivity index (χ4v) is 2.78. The summed E-state index contributed by atoms with van der Waals surface area (Å²) in [5.74, 6) is 0.970. The van der Waals surface area contributed by atoms with Crippen LogP contribution in [0.1, 0.15) is 39.0 Å². The molecule has 1 aliphatic rings. The molecular weight excluding hydrogens is 200 g/mol. The molecule has 16 heavy (non-hydrogen) atoms. The average Bonchev–Trinajstić information content (AvgIpc) is 2.29. The molecule has 3 heteroatoms. The molecule has 0 heterocycles. The maximum atomic E-state index is 5.98. The van der Waals surface area contributed by atoms with E-state index in [2.05, 4.69) is 18.9 Å². The molecule has 0 spiro atoms. The Morgan fingerprint density at radius 3 is 2.44 bits per heavy atom. The summed E-state index contributed by atoms with van der Waals surface area (Å²) in [7, 11) is 3.92. The van der Waals surface area contributed by atoms with E-state index in [1.165, 1.54) is 32.1 Å². The molecule has 0 aliphatic heterocycles. The highest BCUT2D eigenvalue weighted by molar-refractivity contribution is 4.79. The third kappa shape index (κ3) is 4.40. The molecule has 0 amide bonds. The maximum absolute atomic E-state index is 5.98. The van der Waals surface area contributed by atoms with Gasteiger partial charge in [-0.15, -0.1) is 0 Å². The molecule has 0 bridgehead atoms. The van der Waals surface area contributed by atoms with Gasteiger partial charge in [-0.05, 0) is 38.6 Å². The van der Waals surface area contributed by atoms with Crippen LogP contribution in [0.2, 0.25) is 0 Å². The van der Waals surface area contributed by atoms with Gasteiger partial charge in [0.1, 0.15) is 0 Å². The first-order valence-electron chi connectivity index (χ1n) is 6.62. The monoisotopic (exact) mass is 228 g/mol. The van der Waals surface area contributed by atoms with Crippen molar-refractivity contribution in [3.8, 4) is 0 Å². The minimum absolute atomic E-state index is 0.152. The highest BCUT2D eigenvalue weighted by Gasteiger charge is 2.23. The van der Waals surface area contributed by atoms with Crippen LogP contribution in [-0.2, 0) is 4.74 Å². The number of nitrogens with two attached hydrogens (primary N) is 1. The van der Waals surface area contributed by atoms with Gasteiger partial charge in [0, 0.05) is 25.7 Å². The van der Waals surface area contributed by atoms with E-state index >= 15 is 0 Å². The van der Waals surface area contributed by atoms with Crippen molar-refractivity contribution in [3.05, 3.63) is 0 Å². The molecule has 0 saturated heterocycles. The van der Waals surface area contributed by atoms with Gasteiger partial charge in [0.25, 0.3) is 0 Å². The summed E-state index contributed by atoms with van der Waals surface area (Å²) in [5, 5.41) is 0. The normalized spacial score (nSPS) is 28.3. The third-order valence-corrected chi connectivity index (χ3v) is 3.92. The topological polar surface area (TPSA) is 38.5 Å². The van der Waals surface area contributed by atoms with E-state index in [9.17, 15) is 0 Å². The molecule has 1 aliphatic carbocycles. The zero-order valence-electron chi connectivity index (χ0n) is 11.1. The Labute approximate surface area is 100 Å². The van der Waals surface area contributed by atoms with Crippen LogP contribution in [0, 0.1) is 5.92 Å². The summed E-state index contributed by atoms with van der Waals surface area (Å²) < 4.78 is 5.07. The lowest BCUT2D eigenvalue weighted by Crippen LogP contribution is -2.44. The quantitative estimate of drug-likeness (QED) is 0.754. The van der Waals surface area contributed by atoms with Crippen LogP contribution >= 0.6 is 0 Å². The molecule has 0 aromatic heterocycles. The van der Waals surface area contributed by atoms with E-state index in [1.54, 1.807) is 7.11 Å². The molecule has 1 fully saturated rings. The van der Waals surface area contributed by atoms with Crippen LogP contribution in [0.25, 0.3) is 0 Å². The first kappa shape index (κ1) is 13.9. The van der Waals surface area contributed by atoms with Crippen molar-refractivity contribution in [3.63, 3.8) is 0 Å². The van der Waals surface area contributed by atoms with Crippen LogP contribution < -0.4 is 5.73 Å². The van der Waals surface area contributed by atoms with Gasteiger partial charge in [0.05, 0.1) is 6.61 Å². The molecule has 1 rings (SSSR count). The molecule has 0 aromatic rings. The van der Waals surface area contributed by atoms with Gasteiger partial charge >= 0.3 is 0 Å². The largest absolute Gasteiger partial charge is 0.383 e. The van der Waals surface area contributed by atoms with Gasteiger partial charge < -0.3 is 15.4 Å². The molecular formula is C13H28N2O. The fraction of sp³-hybridized carbons (Fsp3) is 1.00. The lowest BCUT2D eigenvalue weighted by atomic mass is 9.84. The zero-order chi connectivity index (χ0) is 12.0. The number of likely N-dealkylation sites (N-methyl/N-ethyl adjacent to an activating group) is 1. The van der Waals surface area contributed by atoms with Crippen LogP contribution in [0.3, 0.4) is 0 Å². The molecule has 3 nitrogen and oxygen atoms in total. The van der Waals surface area contributed by atoms with Crippen molar-refractivity contribution in [1.82, 2.24) is 4.90 Å². The van der Waals surface area contributed by atoms with Gasteiger partial charge in [0.15, 0.2) is 0 Å². The highest BCUT2D eigenvalue weighted by atomic mass is 16.5. The predicted molar refractivity (Wildman–Crippen MR) is 68.5 cm³/mol. The Hall–Kier alpha value is -0.120. The highest BCUT2D eigenvalue weighted by Crippen LogP contribution is 2.28. The average molecular weight is 228 g/mol. The lowest BCUT2D eigenvalue weighted by molar-refractivity contribution is 0.124. The molecule has 96 valence electrons. The minimum Gasteiger partial charge on any atom is -0.383 e. The second-order valence-corrected chi connectivity index (χ2v) is 5.24. The van der Waals surface area contributed by atoms with Crippen molar-refractivity contribution >= 4 is 0 Å². The second-order valence-electron chi connectivity index (χ2n) is 5.24. The van der Waals surface area contributed by atoms with E-state index in [0.717, 1.165) is 18.5 Å². The minimum atomic E-state index is 0.152. The first-order valence-corrected chi connectivity index (χ1v) is 6.62. The summed E-state index contributed by atoms with van der Waals surface area (Å²) in [6.45, 7) is 3.92.